The molecule has 1 amide bonds. The number of fused-ring (bicyclic) bond motifs is 3. The molecular formula is C24H27ClN6O2. The Kier molecular flexibility index (Phi) is 7.05. The van der Waals surface area contributed by atoms with Gasteiger partial charge in [0.25, 0.3) is 0 Å². The number of ether oxygens (including phenoxy) is 1. The molecule has 0 spiro atoms. The van der Waals surface area contributed by atoms with Gasteiger partial charge >= 0.3 is 0 Å². The summed E-state index contributed by atoms with van der Waals surface area (Å²) in [5.74, 6) is 1.96. The lowest BCUT2D eigenvalue weighted by atomic mass is 10.00. The van der Waals surface area contributed by atoms with Crippen LogP contribution in [0, 0.1) is 6.92 Å². The Labute approximate surface area is 197 Å². The van der Waals surface area contributed by atoms with Crippen molar-refractivity contribution in [1.82, 2.24) is 20.1 Å². The monoisotopic (exact) mass is 466 g/mol. The Morgan fingerprint density at radius 1 is 1.18 bits per heavy atom. The molecule has 1 aliphatic heterocycles. The molecular weight excluding hydrogens is 440 g/mol. The number of nitrogens with one attached hydrogen (secondary N) is 1. The van der Waals surface area contributed by atoms with Gasteiger partial charge in [-0.1, -0.05) is 23.7 Å². The molecule has 2 heterocycles. The number of hydrogen-bond donors (Lipinski definition) is 2. The van der Waals surface area contributed by atoms with Gasteiger partial charge in [-0.15, -0.1) is 10.2 Å². The summed E-state index contributed by atoms with van der Waals surface area (Å²) in [6.45, 7) is 3.08. The van der Waals surface area contributed by atoms with Gasteiger partial charge in [-0.25, -0.2) is 0 Å². The van der Waals surface area contributed by atoms with Crippen molar-refractivity contribution in [2.45, 2.75) is 32.2 Å². The molecule has 0 fully saturated rings. The number of carbonyl (C=O) groups excluding carboxylic acids is 1. The highest BCUT2D eigenvalue weighted by Gasteiger charge is 2.30. The van der Waals surface area contributed by atoms with Gasteiger partial charge in [0, 0.05) is 22.7 Å². The van der Waals surface area contributed by atoms with Crippen molar-refractivity contribution in [2.75, 3.05) is 20.2 Å². The van der Waals surface area contributed by atoms with Crippen molar-refractivity contribution in [3.8, 4) is 11.4 Å². The van der Waals surface area contributed by atoms with Gasteiger partial charge in [-0.05, 0) is 56.6 Å². The molecule has 1 atom stereocenters. The molecule has 3 N–H and O–H groups in total. The van der Waals surface area contributed by atoms with E-state index in [1.807, 2.05) is 54.0 Å². The highest BCUT2D eigenvalue weighted by Crippen LogP contribution is 2.34. The first-order valence-electron chi connectivity index (χ1n) is 10.9. The molecule has 1 unspecified atom stereocenters. The number of rotatable bonds is 8. The first-order valence-corrected chi connectivity index (χ1v) is 11.3. The number of nitrogens with two attached hydrogens (primary N) is 1. The van der Waals surface area contributed by atoms with Crippen molar-refractivity contribution in [3.63, 3.8) is 0 Å². The number of aromatic nitrogens is 3. The third-order valence-corrected chi connectivity index (χ3v) is 5.83. The summed E-state index contributed by atoms with van der Waals surface area (Å²) < 4.78 is 7.46. The molecule has 9 heteroatoms. The number of aryl methyl sites for hydroxylation is 1. The SMILES string of the molecule is COc1ccc2c(c1)C(c1ccc(Cl)cc1)=NC(CC(=O)NCCCCN)c1nnc(C)n1-2. The highest BCUT2D eigenvalue weighted by molar-refractivity contribution is 6.30. The number of aliphatic imine (C=N–C) groups is 1. The first-order chi connectivity index (χ1) is 16.0. The third-order valence-electron chi connectivity index (χ3n) is 5.58. The van der Waals surface area contributed by atoms with E-state index in [9.17, 15) is 4.79 Å². The van der Waals surface area contributed by atoms with E-state index in [1.165, 1.54) is 0 Å². The molecule has 172 valence electrons. The standard InChI is InChI=1S/C24H27ClN6O2/c1-15-29-30-24-20(14-22(32)27-12-4-3-11-26)28-23(16-5-7-17(25)8-6-16)19-13-18(33-2)9-10-21(19)31(15)24/h5-10,13,20H,3-4,11-12,14,26H2,1-2H3,(H,27,32). The summed E-state index contributed by atoms with van der Waals surface area (Å²) in [5, 5.41) is 12.3. The van der Waals surface area contributed by atoms with Crippen molar-refractivity contribution in [1.29, 1.82) is 0 Å². The second kappa shape index (κ2) is 10.1. The zero-order chi connectivity index (χ0) is 23.4. The lowest BCUT2D eigenvalue weighted by Crippen LogP contribution is -2.26. The van der Waals surface area contributed by atoms with E-state index in [-0.39, 0.29) is 12.3 Å². The summed E-state index contributed by atoms with van der Waals surface area (Å²) in [6, 6.07) is 12.8. The normalized spacial score (nSPS) is 14.7. The Balaban J connectivity index is 1.80. The minimum atomic E-state index is -0.509. The predicted octanol–water partition coefficient (Wildman–Crippen LogP) is 3.38. The van der Waals surface area contributed by atoms with E-state index < -0.39 is 6.04 Å². The van der Waals surface area contributed by atoms with Crippen LogP contribution in [0.3, 0.4) is 0 Å². The number of hydrogen-bond acceptors (Lipinski definition) is 6. The fourth-order valence-corrected chi connectivity index (χ4v) is 4.05. The molecule has 0 radical (unpaired) electrons. The van der Waals surface area contributed by atoms with Crippen LogP contribution in [0.15, 0.2) is 47.5 Å². The van der Waals surface area contributed by atoms with E-state index >= 15 is 0 Å². The van der Waals surface area contributed by atoms with Crippen LogP contribution in [0.1, 0.15) is 48.1 Å². The molecule has 3 aromatic rings. The number of nitrogens with zero attached hydrogens (tertiary/aromatic N) is 4. The number of unbranched alkanes of at least 4 members (excludes halogenated alkanes) is 1. The lowest BCUT2D eigenvalue weighted by Gasteiger charge is -2.14. The van der Waals surface area contributed by atoms with Gasteiger partial charge in [0.15, 0.2) is 5.82 Å². The third kappa shape index (κ3) is 4.91. The zero-order valence-electron chi connectivity index (χ0n) is 18.7. The molecule has 0 aliphatic carbocycles. The maximum absolute atomic E-state index is 12.8. The zero-order valence-corrected chi connectivity index (χ0v) is 19.5. The number of methoxy groups -OCH3 is 1. The smallest absolute Gasteiger partial charge is 0.222 e. The Morgan fingerprint density at radius 2 is 1.97 bits per heavy atom. The van der Waals surface area contributed by atoms with Crippen molar-refractivity contribution < 1.29 is 9.53 Å². The Bertz CT molecular complexity index is 1170. The average molecular weight is 467 g/mol. The molecule has 33 heavy (non-hydrogen) atoms. The molecule has 1 aromatic heterocycles. The first kappa shape index (κ1) is 22.9. The van der Waals surface area contributed by atoms with E-state index in [0.29, 0.717) is 29.7 Å². The fourth-order valence-electron chi connectivity index (χ4n) is 3.92. The average Bonchev–Trinajstić information content (AvgIpc) is 3.14. The molecule has 0 saturated carbocycles. The molecule has 8 nitrogen and oxygen atoms in total. The summed E-state index contributed by atoms with van der Waals surface area (Å²) in [5.41, 5.74) is 8.92. The van der Waals surface area contributed by atoms with Crippen molar-refractivity contribution in [3.05, 3.63) is 70.3 Å². The lowest BCUT2D eigenvalue weighted by molar-refractivity contribution is -0.121. The van der Waals surface area contributed by atoms with Gasteiger partial charge < -0.3 is 15.8 Å². The summed E-state index contributed by atoms with van der Waals surface area (Å²) in [7, 11) is 1.63. The highest BCUT2D eigenvalue weighted by atomic mass is 35.5. The van der Waals surface area contributed by atoms with Crippen LogP contribution in [-0.4, -0.2) is 46.6 Å². The van der Waals surface area contributed by atoms with Crippen LogP contribution in [0.25, 0.3) is 5.69 Å². The maximum Gasteiger partial charge on any atom is 0.222 e. The van der Waals surface area contributed by atoms with Gasteiger partial charge in [0.1, 0.15) is 17.6 Å². The van der Waals surface area contributed by atoms with Crippen LogP contribution in [-0.2, 0) is 4.79 Å². The van der Waals surface area contributed by atoms with Crippen molar-refractivity contribution in [2.24, 2.45) is 10.7 Å². The molecule has 0 saturated heterocycles. The topological polar surface area (TPSA) is 107 Å². The van der Waals surface area contributed by atoms with E-state index in [2.05, 4.69) is 15.5 Å². The minimum absolute atomic E-state index is 0.0908. The Morgan fingerprint density at radius 3 is 2.70 bits per heavy atom. The number of carbonyl (C=O) groups is 1. The number of benzene rings is 2. The van der Waals surface area contributed by atoms with Crippen molar-refractivity contribution >= 4 is 23.2 Å². The maximum atomic E-state index is 12.8. The minimum Gasteiger partial charge on any atom is -0.497 e. The van der Waals surface area contributed by atoms with Gasteiger partial charge in [0.2, 0.25) is 5.91 Å². The molecule has 4 rings (SSSR count). The molecule has 1 aliphatic rings. The summed E-state index contributed by atoms with van der Waals surface area (Å²) in [4.78, 5) is 17.8. The van der Waals surface area contributed by atoms with E-state index in [0.717, 1.165) is 41.2 Å². The second-order valence-electron chi connectivity index (χ2n) is 7.87. The van der Waals surface area contributed by atoms with Crippen LogP contribution >= 0.6 is 11.6 Å². The predicted molar refractivity (Wildman–Crippen MR) is 128 cm³/mol. The van der Waals surface area contributed by atoms with E-state index in [4.69, 9.17) is 27.1 Å². The van der Waals surface area contributed by atoms with Crippen LogP contribution < -0.4 is 15.8 Å². The second-order valence-corrected chi connectivity index (χ2v) is 8.31. The summed E-state index contributed by atoms with van der Waals surface area (Å²) >= 11 is 6.13. The summed E-state index contributed by atoms with van der Waals surface area (Å²) in [6.07, 6.45) is 1.86. The number of halogens is 1. The molecule has 2 aromatic carbocycles. The van der Waals surface area contributed by atoms with Crippen LogP contribution in [0.5, 0.6) is 5.75 Å². The van der Waals surface area contributed by atoms with Crippen LogP contribution in [0.4, 0.5) is 0 Å². The van der Waals surface area contributed by atoms with Crippen LogP contribution in [0.2, 0.25) is 5.02 Å². The van der Waals surface area contributed by atoms with Gasteiger partial charge in [-0.3, -0.25) is 14.4 Å². The number of amides is 1. The molecule has 0 bridgehead atoms. The fraction of sp³-hybridized carbons (Fsp3) is 0.333. The van der Waals surface area contributed by atoms with E-state index in [1.54, 1.807) is 7.11 Å². The Hall–Kier alpha value is -3.23. The van der Waals surface area contributed by atoms with Gasteiger partial charge in [-0.2, -0.15) is 0 Å². The van der Waals surface area contributed by atoms with Gasteiger partial charge in [0.05, 0.1) is 24.9 Å². The quantitative estimate of drug-likeness (QED) is 0.495. The largest absolute Gasteiger partial charge is 0.497 e.